The van der Waals surface area contributed by atoms with E-state index < -0.39 is 0 Å². The van der Waals surface area contributed by atoms with Crippen molar-refractivity contribution in [2.75, 3.05) is 13.1 Å². The zero-order chi connectivity index (χ0) is 9.97. The van der Waals surface area contributed by atoms with Gasteiger partial charge in [-0.1, -0.05) is 23.7 Å². The molecule has 1 unspecified atom stereocenters. The van der Waals surface area contributed by atoms with Crippen LogP contribution in [0.1, 0.15) is 5.56 Å². The largest absolute Gasteiger partial charge is 0.471 e. The molecule has 0 aromatic heterocycles. The summed E-state index contributed by atoms with van der Waals surface area (Å²) in [5.41, 5.74) is 6.32. The Morgan fingerprint density at radius 3 is 2.93 bits per heavy atom. The van der Waals surface area contributed by atoms with E-state index in [1.165, 1.54) is 0 Å². The van der Waals surface area contributed by atoms with Gasteiger partial charge in [-0.2, -0.15) is 0 Å². The van der Waals surface area contributed by atoms with Crippen LogP contribution >= 0.6 is 11.6 Å². The van der Waals surface area contributed by atoms with Crippen LogP contribution in [-0.2, 0) is 4.74 Å². The van der Waals surface area contributed by atoms with Crippen LogP contribution in [0, 0.1) is 0 Å². The van der Waals surface area contributed by atoms with E-state index in [1.807, 2.05) is 24.3 Å². The van der Waals surface area contributed by atoms with Crippen LogP contribution in [-0.4, -0.2) is 25.1 Å². The maximum Gasteiger partial charge on any atom is 0.218 e. The van der Waals surface area contributed by atoms with E-state index in [-0.39, 0.29) is 6.10 Å². The van der Waals surface area contributed by atoms with Crippen LogP contribution < -0.4 is 5.73 Å². The van der Waals surface area contributed by atoms with Gasteiger partial charge in [-0.05, 0) is 12.1 Å². The average molecular weight is 211 g/mol. The summed E-state index contributed by atoms with van der Waals surface area (Å²) in [6.45, 7) is 1.11. The van der Waals surface area contributed by atoms with Gasteiger partial charge in [0.2, 0.25) is 5.90 Å². The van der Waals surface area contributed by atoms with Crippen molar-refractivity contribution in [2.45, 2.75) is 6.10 Å². The van der Waals surface area contributed by atoms with Crippen molar-refractivity contribution in [3.8, 4) is 0 Å². The molecule has 14 heavy (non-hydrogen) atoms. The monoisotopic (exact) mass is 210 g/mol. The molecular weight excluding hydrogens is 200 g/mol. The zero-order valence-electron chi connectivity index (χ0n) is 7.61. The minimum absolute atomic E-state index is 0.00118. The van der Waals surface area contributed by atoms with Gasteiger partial charge in [0.1, 0.15) is 6.10 Å². The first kappa shape index (κ1) is 9.49. The van der Waals surface area contributed by atoms with Crippen molar-refractivity contribution in [1.82, 2.24) is 0 Å². The minimum Gasteiger partial charge on any atom is -0.471 e. The number of aliphatic imine (C=N–C) groups is 1. The number of hydrogen-bond acceptors (Lipinski definition) is 3. The van der Waals surface area contributed by atoms with Gasteiger partial charge in [0.15, 0.2) is 0 Å². The van der Waals surface area contributed by atoms with Crippen LogP contribution in [0.15, 0.2) is 29.3 Å². The van der Waals surface area contributed by atoms with Gasteiger partial charge >= 0.3 is 0 Å². The van der Waals surface area contributed by atoms with Crippen molar-refractivity contribution in [2.24, 2.45) is 10.7 Å². The second-order valence-corrected chi connectivity index (χ2v) is 3.51. The molecule has 0 aliphatic carbocycles. The molecule has 1 aliphatic rings. The minimum atomic E-state index is 0.00118. The summed E-state index contributed by atoms with van der Waals surface area (Å²) in [5, 5.41) is 0.656. The van der Waals surface area contributed by atoms with E-state index in [1.54, 1.807) is 0 Å². The predicted octanol–water partition coefficient (Wildman–Crippen LogP) is 1.44. The van der Waals surface area contributed by atoms with Crippen LogP contribution in [0.4, 0.5) is 0 Å². The normalized spacial score (nSPS) is 20.4. The van der Waals surface area contributed by atoms with E-state index in [4.69, 9.17) is 22.1 Å². The Hall–Kier alpha value is -1.06. The first-order valence-corrected chi connectivity index (χ1v) is 4.85. The smallest absolute Gasteiger partial charge is 0.218 e. The van der Waals surface area contributed by atoms with Gasteiger partial charge in [-0.3, -0.25) is 0 Å². The van der Waals surface area contributed by atoms with Gasteiger partial charge in [-0.25, -0.2) is 4.99 Å². The topological polar surface area (TPSA) is 47.6 Å². The SMILES string of the molecule is NCC1CN=C(c2ccccc2Cl)O1. The molecule has 0 spiro atoms. The van der Waals surface area contributed by atoms with Crippen molar-refractivity contribution < 1.29 is 4.74 Å². The molecule has 1 atom stereocenters. The molecule has 1 aliphatic heterocycles. The van der Waals surface area contributed by atoms with Gasteiger partial charge < -0.3 is 10.5 Å². The maximum atomic E-state index is 6.00. The van der Waals surface area contributed by atoms with Gasteiger partial charge in [-0.15, -0.1) is 0 Å². The third-order valence-electron chi connectivity index (χ3n) is 2.08. The molecule has 0 saturated heterocycles. The molecule has 0 saturated carbocycles. The predicted molar refractivity (Wildman–Crippen MR) is 56.8 cm³/mol. The molecule has 1 aromatic rings. The Bertz CT molecular complexity index is 365. The van der Waals surface area contributed by atoms with Crippen molar-refractivity contribution in [3.63, 3.8) is 0 Å². The number of benzene rings is 1. The number of ether oxygens (including phenoxy) is 1. The second-order valence-electron chi connectivity index (χ2n) is 3.10. The Kier molecular flexibility index (Phi) is 2.70. The molecule has 74 valence electrons. The summed E-state index contributed by atoms with van der Waals surface area (Å²) < 4.78 is 5.52. The number of rotatable bonds is 2. The highest BCUT2D eigenvalue weighted by molar-refractivity contribution is 6.33. The molecule has 1 aromatic carbocycles. The molecule has 2 rings (SSSR count). The van der Waals surface area contributed by atoms with Crippen LogP contribution in [0.5, 0.6) is 0 Å². The van der Waals surface area contributed by atoms with Crippen LogP contribution in [0.25, 0.3) is 0 Å². The lowest BCUT2D eigenvalue weighted by Crippen LogP contribution is -2.23. The lowest BCUT2D eigenvalue weighted by molar-refractivity contribution is 0.233. The van der Waals surface area contributed by atoms with E-state index >= 15 is 0 Å². The fourth-order valence-electron chi connectivity index (χ4n) is 1.32. The molecular formula is C10H11ClN2O. The summed E-state index contributed by atoms with van der Waals surface area (Å²) in [7, 11) is 0. The summed E-state index contributed by atoms with van der Waals surface area (Å²) >= 11 is 6.00. The molecule has 0 radical (unpaired) electrons. The van der Waals surface area contributed by atoms with Gasteiger partial charge in [0.05, 0.1) is 17.1 Å². The third-order valence-corrected chi connectivity index (χ3v) is 2.41. The fourth-order valence-corrected chi connectivity index (χ4v) is 1.54. The Balaban J connectivity index is 2.22. The Labute approximate surface area is 87.5 Å². The molecule has 0 fully saturated rings. The fraction of sp³-hybridized carbons (Fsp3) is 0.300. The maximum absolute atomic E-state index is 6.00. The van der Waals surface area contributed by atoms with E-state index in [2.05, 4.69) is 4.99 Å². The highest BCUT2D eigenvalue weighted by Crippen LogP contribution is 2.19. The van der Waals surface area contributed by atoms with Gasteiger partial charge in [0.25, 0.3) is 0 Å². The zero-order valence-corrected chi connectivity index (χ0v) is 8.37. The quantitative estimate of drug-likeness (QED) is 0.803. The van der Waals surface area contributed by atoms with Gasteiger partial charge in [0, 0.05) is 6.54 Å². The summed E-state index contributed by atoms with van der Waals surface area (Å²) in [5.74, 6) is 0.603. The first-order chi connectivity index (χ1) is 6.81. The van der Waals surface area contributed by atoms with Crippen molar-refractivity contribution >= 4 is 17.5 Å². The van der Waals surface area contributed by atoms with E-state index in [9.17, 15) is 0 Å². The second kappa shape index (κ2) is 3.98. The highest BCUT2D eigenvalue weighted by Gasteiger charge is 2.20. The molecule has 0 bridgehead atoms. The number of halogens is 1. The lowest BCUT2D eigenvalue weighted by atomic mass is 10.2. The van der Waals surface area contributed by atoms with Crippen molar-refractivity contribution in [3.05, 3.63) is 34.9 Å². The molecule has 2 N–H and O–H groups in total. The van der Waals surface area contributed by atoms with Crippen LogP contribution in [0.3, 0.4) is 0 Å². The summed E-state index contributed by atoms with van der Waals surface area (Å²) in [6.07, 6.45) is 0.00118. The standard InChI is InChI=1S/C10H11ClN2O/c11-9-4-2-1-3-8(9)10-13-6-7(5-12)14-10/h1-4,7H,5-6,12H2. The first-order valence-electron chi connectivity index (χ1n) is 4.47. The number of nitrogens with two attached hydrogens (primary N) is 1. The van der Waals surface area contributed by atoms with E-state index in [0.717, 1.165) is 5.56 Å². The Morgan fingerprint density at radius 2 is 2.29 bits per heavy atom. The molecule has 4 heteroatoms. The van der Waals surface area contributed by atoms with E-state index in [0.29, 0.717) is 24.0 Å². The summed E-state index contributed by atoms with van der Waals surface area (Å²) in [4.78, 5) is 4.25. The number of nitrogens with zero attached hydrogens (tertiary/aromatic N) is 1. The molecule has 0 amide bonds. The number of hydrogen-bond donors (Lipinski definition) is 1. The molecule has 1 heterocycles. The van der Waals surface area contributed by atoms with Crippen molar-refractivity contribution in [1.29, 1.82) is 0 Å². The van der Waals surface area contributed by atoms with Crippen LogP contribution in [0.2, 0.25) is 5.02 Å². The highest BCUT2D eigenvalue weighted by atomic mass is 35.5. The Morgan fingerprint density at radius 1 is 1.50 bits per heavy atom. The summed E-state index contributed by atoms with van der Waals surface area (Å²) in [6, 6.07) is 7.49. The lowest BCUT2D eigenvalue weighted by Gasteiger charge is -2.08. The third kappa shape index (κ3) is 1.74. The molecule has 3 nitrogen and oxygen atoms in total. The average Bonchev–Trinajstić information content (AvgIpc) is 2.67.